The lowest BCUT2D eigenvalue weighted by Gasteiger charge is -2.07. The smallest absolute Gasteiger partial charge is 0.0612 e. The first-order valence-corrected chi connectivity index (χ1v) is 5.58. The Hall–Kier alpha value is -1.19. The predicted molar refractivity (Wildman–Crippen MR) is 67.0 cm³/mol. The van der Waals surface area contributed by atoms with Crippen LogP contribution in [0.4, 0.5) is 5.69 Å². The number of anilines is 1. The standard InChI is InChI=1S/C11H11Cl2N3/c1-16-9(4-5-15-16)7-14-8-2-3-10(12)11(13)6-8/h2-6,14H,7H2,1H3. The molecular weight excluding hydrogens is 245 g/mol. The van der Waals surface area contributed by atoms with Crippen LogP contribution in [0, 0.1) is 0 Å². The average Bonchev–Trinajstić information content (AvgIpc) is 2.66. The van der Waals surface area contributed by atoms with Gasteiger partial charge in [-0.2, -0.15) is 5.10 Å². The number of nitrogens with zero attached hydrogens (tertiary/aromatic N) is 2. The highest BCUT2D eigenvalue weighted by molar-refractivity contribution is 6.42. The van der Waals surface area contributed by atoms with Gasteiger partial charge in [0.15, 0.2) is 0 Å². The maximum atomic E-state index is 5.92. The first-order chi connectivity index (χ1) is 7.66. The van der Waals surface area contributed by atoms with Gasteiger partial charge in [0.25, 0.3) is 0 Å². The van der Waals surface area contributed by atoms with Crippen LogP contribution in [0.25, 0.3) is 0 Å². The molecule has 0 bridgehead atoms. The van der Waals surface area contributed by atoms with Gasteiger partial charge in [-0.05, 0) is 24.3 Å². The Labute approximate surface area is 104 Å². The number of halogens is 2. The van der Waals surface area contributed by atoms with Crippen LogP contribution < -0.4 is 5.32 Å². The van der Waals surface area contributed by atoms with Crippen molar-refractivity contribution in [1.29, 1.82) is 0 Å². The number of aryl methyl sites for hydroxylation is 1. The fourth-order valence-electron chi connectivity index (χ4n) is 1.37. The number of benzene rings is 1. The van der Waals surface area contributed by atoms with E-state index < -0.39 is 0 Å². The predicted octanol–water partition coefficient (Wildman–Crippen LogP) is 3.34. The van der Waals surface area contributed by atoms with E-state index in [0.29, 0.717) is 16.6 Å². The lowest BCUT2D eigenvalue weighted by atomic mass is 10.3. The molecule has 2 rings (SSSR count). The molecule has 16 heavy (non-hydrogen) atoms. The second-order valence-electron chi connectivity index (χ2n) is 3.43. The van der Waals surface area contributed by atoms with E-state index in [9.17, 15) is 0 Å². The van der Waals surface area contributed by atoms with E-state index in [1.807, 2.05) is 23.9 Å². The van der Waals surface area contributed by atoms with Gasteiger partial charge in [0, 0.05) is 18.9 Å². The second-order valence-corrected chi connectivity index (χ2v) is 4.24. The number of nitrogens with one attached hydrogen (secondary N) is 1. The molecule has 1 aromatic carbocycles. The van der Waals surface area contributed by atoms with Crippen LogP contribution in [0.15, 0.2) is 30.5 Å². The number of hydrogen-bond donors (Lipinski definition) is 1. The Morgan fingerprint density at radius 3 is 2.69 bits per heavy atom. The third-order valence-electron chi connectivity index (χ3n) is 2.32. The number of rotatable bonds is 3. The van der Waals surface area contributed by atoms with Crippen LogP contribution in [0.3, 0.4) is 0 Å². The molecule has 0 aliphatic rings. The van der Waals surface area contributed by atoms with Crippen molar-refractivity contribution in [2.24, 2.45) is 7.05 Å². The van der Waals surface area contributed by atoms with Crippen molar-refractivity contribution in [3.8, 4) is 0 Å². The first kappa shape index (κ1) is 11.3. The molecule has 0 unspecified atom stereocenters. The van der Waals surface area contributed by atoms with Crippen LogP contribution in [-0.2, 0) is 13.6 Å². The van der Waals surface area contributed by atoms with Crippen molar-refractivity contribution in [1.82, 2.24) is 9.78 Å². The Balaban J connectivity index is 2.05. The molecule has 0 atom stereocenters. The van der Waals surface area contributed by atoms with Gasteiger partial charge in [0.1, 0.15) is 0 Å². The van der Waals surface area contributed by atoms with E-state index in [0.717, 1.165) is 11.4 Å². The molecule has 0 saturated heterocycles. The lowest BCUT2D eigenvalue weighted by Crippen LogP contribution is -2.05. The summed E-state index contributed by atoms with van der Waals surface area (Å²) in [4.78, 5) is 0. The van der Waals surface area contributed by atoms with Crippen LogP contribution in [-0.4, -0.2) is 9.78 Å². The molecule has 1 N–H and O–H groups in total. The zero-order chi connectivity index (χ0) is 11.5. The van der Waals surface area contributed by atoms with Crippen molar-refractivity contribution in [2.75, 3.05) is 5.32 Å². The monoisotopic (exact) mass is 255 g/mol. The minimum absolute atomic E-state index is 0.552. The second kappa shape index (κ2) is 4.76. The van der Waals surface area contributed by atoms with Crippen LogP contribution in [0.5, 0.6) is 0 Å². The molecule has 1 aromatic heterocycles. The van der Waals surface area contributed by atoms with Gasteiger partial charge in [0.2, 0.25) is 0 Å². The molecule has 0 radical (unpaired) electrons. The molecule has 3 nitrogen and oxygen atoms in total. The maximum absolute atomic E-state index is 5.92. The molecule has 0 amide bonds. The molecular formula is C11H11Cl2N3. The normalized spacial score (nSPS) is 10.4. The highest BCUT2D eigenvalue weighted by Crippen LogP contribution is 2.25. The number of hydrogen-bond acceptors (Lipinski definition) is 2. The molecule has 0 fully saturated rings. The molecule has 1 heterocycles. The minimum Gasteiger partial charge on any atom is -0.379 e. The van der Waals surface area contributed by atoms with Crippen molar-refractivity contribution in [3.05, 3.63) is 46.2 Å². The first-order valence-electron chi connectivity index (χ1n) is 4.82. The third kappa shape index (κ3) is 2.49. The van der Waals surface area contributed by atoms with Crippen LogP contribution in [0.1, 0.15) is 5.69 Å². The van der Waals surface area contributed by atoms with E-state index in [-0.39, 0.29) is 0 Å². The lowest BCUT2D eigenvalue weighted by molar-refractivity contribution is 0.720. The van der Waals surface area contributed by atoms with Crippen LogP contribution in [0.2, 0.25) is 10.0 Å². The van der Waals surface area contributed by atoms with Crippen molar-refractivity contribution >= 4 is 28.9 Å². The highest BCUT2D eigenvalue weighted by Gasteiger charge is 2.01. The topological polar surface area (TPSA) is 29.9 Å². The van der Waals surface area contributed by atoms with Crippen LogP contribution >= 0.6 is 23.2 Å². The van der Waals surface area contributed by atoms with Gasteiger partial charge in [-0.25, -0.2) is 0 Å². The largest absolute Gasteiger partial charge is 0.379 e. The Morgan fingerprint density at radius 1 is 1.25 bits per heavy atom. The summed E-state index contributed by atoms with van der Waals surface area (Å²) < 4.78 is 1.82. The summed E-state index contributed by atoms with van der Waals surface area (Å²) in [5, 5.41) is 8.46. The summed E-state index contributed by atoms with van der Waals surface area (Å²) in [6.07, 6.45) is 1.77. The SMILES string of the molecule is Cn1nccc1CNc1ccc(Cl)c(Cl)c1. The van der Waals surface area contributed by atoms with Crippen molar-refractivity contribution in [2.45, 2.75) is 6.54 Å². The average molecular weight is 256 g/mol. The number of aromatic nitrogens is 2. The Kier molecular flexibility index (Phi) is 3.36. The summed E-state index contributed by atoms with van der Waals surface area (Å²) >= 11 is 11.7. The van der Waals surface area contributed by atoms with Gasteiger partial charge in [-0.3, -0.25) is 4.68 Å². The molecule has 0 spiro atoms. The summed E-state index contributed by atoms with van der Waals surface area (Å²) in [6.45, 7) is 0.703. The molecule has 0 saturated carbocycles. The molecule has 84 valence electrons. The summed E-state index contributed by atoms with van der Waals surface area (Å²) in [7, 11) is 1.91. The molecule has 5 heteroatoms. The zero-order valence-corrected chi connectivity index (χ0v) is 10.3. The van der Waals surface area contributed by atoms with E-state index >= 15 is 0 Å². The maximum Gasteiger partial charge on any atom is 0.0612 e. The van der Waals surface area contributed by atoms with Crippen molar-refractivity contribution < 1.29 is 0 Å². The minimum atomic E-state index is 0.552. The van der Waals surface area contributed by atoms with Gasteiger partial charge in [-0.15, -0.1) is 0 Å². The van der Waals surface area contributed by atoms with Gasteiger partial charge in [-0.1, -0.05) is 23.2 Å². The molecule has 0 aliphatic heterocycles. The Bertz CT molecular complexity index is 494. The van der Waals surface area contributed by atoms with E-state index in [1.165, 1.54) is 0 Å². The zero-order valence-electron chi connectivity index (χ0n) is 8.74. The Morgan fingerprint density at radius 2 is 2.06 bits per heavy atom. The van der Waals surface area contributed by atoms with E-state index in [4.69, 9.17) is 23.2 Å². The highest BCUT2D eigenvalue weighted by atomic mass is 35.5. The summed E-state index contributed by atoms with van der Waals surface area (Å²) in [5.41, 5.74) is 2.04. The van der Waals surface area contributed by atoms with Gasteiger partial charge < -0.3 is 5.32 Å². The third-order valence-corrected chi connectivity index (χ3v) is 3.05. The summed E-state index contributed by atoms with van der Waals surface area (Å²) in [5.74, 6) is 0. The molecule has 0 aliphatic carbocycles. The van der Waals surface area contributed by atoms with Gasteiger partial charge >= 0.3 is 0 Å². The van der Waals surface area contributed by atoms with Crippen molar-refractivity contribution in [3.63, 3.8) is 0 Å². The van der Waals surface area contributed by atoms with Gasteiger partial charge in [0.05, 0.1) is 22.3 Å². The molecule has 2 aromatic rings. The summed E-state index contributed by atoms with van der Waals surface area (Å²) in [6, 6.07) is 7.44. The van der Waals surface area contributed by atoms with E-state index in [1.54, 1.807) is 18.3 Å². The quantitative estimate of drug-likeness (QED) is 0.912. The fourth-order valence-corrected chi connectivity index (χ4v) is 1.67. The fraction of sp³-hybridized carbons (Fsp3) is 0.182. The van der Waals surface area contributed by atoms with E-state index in [2.05, 4.69) is 10.4 Å².